The van der Waals surface area contributed by atoms with Gasteiger partial charge in [-0.3, -0.25) is 14.5 Å². The van der Waals surface area contributed by atoms with Gasteiger partial charge in [0, 0.05) is 0 Å². The number of hydrogen-bond donors (Lipinski definition) is 0. The lowest BCUT2D eigenvalue weighted by Gasteiger charge is -2.13. The molecule has 1 amide bonds. The number of benzene rings is 1. The Labute approximate surface area is 112 Å². The number of rotatable bonds is 2. The number of ketones is 1. The van der Waals surface area contributed by atoms with Crippen LogP contribution in [0.25, 0.3) is 0 Å². The fraction of sp³-hybridized carbons (Fsp3) is 0.182. The Kier molecular flexibility index (Phi) is 2.56. The topological polar surface area (TPSA) is 81.0 Å². The number of halogens is 1. The molecular weight excluding hydrogens is 270 g/mol. The summed E-state index contributed by atoms with van der Waals surface area (Å²) in [5.74, 6) is -0.878. The summed E-state index contributed by atoms with van der Waals surface area (Å²) in [6.45, 7) is 0.0890. The number of Topliss-reactive ketones (excluding diaryl/α,β-unsaturated/α-hetero) is 1. The van der Waals surface area contributed by atoms with Gasteiger partial charge in [0.05, 0.1) is 29.9 Å². The molecular formula is C11H8ClN5O2. The molecule has 0 unspecified atom stereocenters. The van der Waals surface area contributed by atoms with Crippen molar-refractivity contribution in [3.8, 4) is 0 Å². The molecule has 7 nitrogen and oxygen atoms in total. The number of tetrazole rings is 1. The van der Waals surface area contributed by atoms with E-state index in [1.54, 1.807) is 25.2 Å². The van der Waals surface area contributed by atoms with E-state index in [1.807, 2.05) is 0 Å². The quantitative estimate of drug-likeness (QED) is 0.751. The average Bonchev–Trinajstić information content (AvgIpc) is 2.88. The molecule has 0 atom stereocenters. The molecule has 0 aliphatic carbocycles. The fourth-order valence-corrected chi connectivity index (χ4v) is 2.24. The predicted octanol–water partition coefficient (Wildman–Crippen LogP) is 0.593. The molecule has 1 aliphatic rings. The second-order valence-electron chi connectivity index (χ2n) is 4.05. The van der Waals surface area contributed by atoms with Crippen LogP contribution in [0.15, 0.2) is 18.2 Å². The molecule has 0 spiro atoms. The molecule has 0 N–H and O–H groups in total. The lowest BCUT2D eigenvalue weighted by atomic mass is 10.1. The summed E-state index contributed by atoms with van der Waals surface area (Å²) >= 11 is 5.95. The lowest BCUT2D eigenvalue weighted by Crippen LogP contribution is -2.29. The summed E-state index contributed by atoms with van der Waals surface area (Å²) in [6.07, 6.45) is 0. The normalized spacial score (nSPS) is 14.1. The van der Waals surface area contributed by atoms with Gasteiger partial charge in [-0.15, -0.1) is 10.2 Å². The van der Waals surface area contributed by atoms with Crippen LogP contribution in [0.4, 0.5) is 5.69 Å². The van der Waals surface area contributed by atoms with Crippen LogP contribution in [-0.4, -0.2) is 31.9 Å². The third-order valence-corrected chi connectivity index (χ3v) is 3.11. The van der Waals surface area contributed by atoms with Crippen LogP contribution in [0.3, 0.4) is 0 Å². The van der Waals surface area contributed by atoms with Gasteiger partial charge in [-0.1, -0.05) is 17.7 Å². The summed E-state index contributed by atoms with van der Waals surface area (Å²) in [7, 11) is 1.62. The fourth-order valence-electron chi connectivity index (χ4n) is 1.99. The summed E-state index contributed by atoms with van der Waals surface area (Å²) in [5, 5.41) is 11.7. The van der Waals surface area contributed by atoms with Gasteiger partial charge in [0.25, 0.3) is 11.7 Å². The number of nitrogens with zero attached hydrogens (tertiary/aromatic N) is 5. The van der Waals surface area contributed by atoms with E-state index in [1.165, 1.54) is 9.70 Å². The standard InChI is InChI=1S/C11H8ClN5O2/c1-16-14-8(13-15-16)5-17-7-4-2-3-6(12)9(7)10(18)11(17)19/h2-4H,5H2,1H3. The molecule has 19 heavy (non-hydrogen) atoms. The minimum atomic E-state index is -0.629. The molecule has 2 aromatic rings. The Morgan fingerprint density at radius 1 is 1.32 bits per heavy atom. The first-order valence-corrected chi connectivity index (χ1v) is 5.83. The van der Waals surface area contributed by atoms with Gasteiger partial charge in [0.1, 0.15) is 0 Å². The van der Waals surface area contributed by atoms with Crippen molar-refractivity contribution in [2.24, 2.45) is 7.05 Å². The van der Waals surface area contributed by atoms with Crippen molar-refractivity contribution in [3.63, 3.8) is 0 Å². The Hall–Kier alpha value is -2.28. The summed E-state index contributed by atoms with van der Waals surface area (Å²) in [6, 6.07) is 4.93. The first-order valence-electron chi connectivity index (χ1n) is 5.45. The van der Waals surface area contributed by atoms with E-state index < -0.39 is 11.7 Å². The van der Waals surface area contributed by atoms with Crippen molar-refractivity contribution in [1.82, 2.24) is 20.2 Å². The molecule has 0 fully saturated rings. The Bertz CT molecular complexity index is 696. The van der Waals surface area contributed by atoms with Crippen LogP contribution in [0.5, 0.6) is 0 Å². The zero-order valence-electron chi connectivity index (χ0n) is 9.87. The minimum absolute atomic E-state index is 0.0890. The SMILES string of the molecule is Cn1nnc(CN2C(=O)C(=O)c3c(Cl)cccc32)n1. The average molecular weight is 278 g/mol. The van der Waals surface area contributed by atoms with Crippen LogP contribution < -0.4 is 4.90 Å². The zero-order valence-corrected chi connectivity index (χ0v) is 10.6. The molecule has 1 aliphatic heterocycles. The number of aryl methyl sites for hydroxylation is 1. The van der Waals surface area contributed by atoms with Gasteiger partial charge in [-0.25, -0.2) is 0 Å². The van der Waals surface area contributed by atoms with E-state index in [4.69, 9.17) is 11.6 Å². The van der Waals surface area contributed by atoms with Crippen LogP contribution in [0.1, 0.15) is 16.2 Å². The molecule has 0 radical (unpaired) electrons. The number of fused-ring (bicyclic) bond motifs is 1. The number of amides is 1. The van der Waals surface area contributed by atoms with Crippen molar-refractivity contribution in [3.05, 3.63) is 34.6 Å². The maximum absolute atomic E-state index is 12.0. The van der Waals surface area contributed by atoms with E-state index in [0.717, 1.165) is 0 Å². The van der Waals surface area contributed by atoms with Gasteiger partial charge in [0.15, 0.2) is 5.82 Å². The van der Waals surface area contributed by atoms with E-state index in [2.05, 4.69) is 15.4 Å². The second-order valence-corrected chi connectivity index (χ2v) is 4.46. The van der Waals surface area contributed by atoms with Gasteiger partial charge < -0.3 is 0 Å². The van der Waals surface area contributed by atoms with Crippen molar-refractivity contribution < 1.29 is 9.59 Å². The van der Waals surface area contributed by atoms with Gasteiger partial charge >= 0.3 is 0 Å². The lowest BCUT2D eigenvalue weighted by molar-refractivity contribution is -0.114. The molecule has 1 aromatic carbocycles. The minimum Gasteiger partial charge on any atom is -0.297 e. The highest BCUT2D eigenvalue weighted by Gasteiger charge is 2.37. The van der Waals surface area contributed by atoms with Gasteiger partial charge in [-0.2, -0.15) is 4.80 Å². The van der Waals surface area contributed by atoms with Gasteiger partial charge in [0.2, 0.25) is 0 Å². The van der Waals surface area contributed by atoms with Crippen molar-refractivity contribution in [2.45, 2.75) is 6.54 Å². The first kappa shape index (κ1) is 11.8. The highest BCUT2D eigenvalue weighted by atomic mass is 35.5. The highest BCUT2D eigenvalue weighted by molar-refractivity contribution is 6.55. The number of anilines is 1. The number of carbonyl (C=O) groups excluding carboxylic acids is 2. The van der Waals surface area contributed by atoms with E-state index in [9.17, 15) is 9.59 Å². The van der Waals surface area contributed by atoms with Crippen LogP contribution >= 0.6 is 11.6 Å². The summed E-state index contributed by atoms with van der Waals surface area (Å²) in [5.41, 5.74) is 0.716. The predicted molar refractivity (Wildman–Crippen MR) is 65.8 cm³/mol. The number of carbonyl (C=O) groups is 2. The van der Waals surface area contributed by atoms with E-state index in [0.29, 0.717) is 11.5 Å². The third-order valence-electron chi connectivity index (χ3n) is 2.80. The monoisotopic (exact) mass is 277 g/mol. The Morgan fingerprint density at radius 2 is 2.11 bits per heavy atom. The Balaban J connectivity index is 2.02. The highest BCUT2D eigenvalue weighted by Crippen LogP contribution is 2.34. The van der Waals surface area contributed by atoms with E-state index >= 15 is 0 Å². The molecule has 8 heteroatoms. The molecule has 2 heterocycles. The van der Waals surface area contributed by atoms with Crippen molar-refractivity contribution in [2.75, 3.05) is 4.90 Å². The van der Waals surface area contributed by atoms with Crippen molar-refractivity contribution >= 4 is 29.0 Å². The smallest absolute Gasteiger partial charge is 0.297 e. The zero-order chi connectivity index (χ0) is 13.6. The largest absolute Gasteiger partial charge is 0.299 e. The van der Waals surface area contributed by atoms with Crippen LogP contribution in [-0.2, 0) is 18.4 Å². The molecule has 96 valence electrons. The first-order chi connectivity index (χ1) is 9.08. The van der Waals surface area contributed by atoms with Crippen molar-refractivity contribution in [1.29, 1.82) is 0 Å². The van der Waals surface area contributed by atoms with Crippen LogP contribution in [0.2, 0.25) is 5.02 Å². The molecule has 0 saturated carbocycles. The Morgan fingerprint density at radius 3 is 2.79 bits per heavy atom. The van der Waals surface area contributed by atoms with Crippen LogP contribution in [0, 0.1) is 0 Å². The maximum Gasteiger partial charge on any atom is 0.299 e. The molecule has 0 bridgehead atoms. The summed E-state index contributed by atoms with van der Waals surface area (Å²) < 4.78 is 0. The summed E-state index contributed by atoms with van der Waals surface area (Å²) in [4.78, 5) is 26.4. The number of hydrogen-bond acceptors (Lipinski definition) is 5. The second kappa shape index (κ2) is 4.13. The molecule has 1 aromatic heterocycles. The molecule has 0 saturated heterocycles. The van der Waals surface area contributed by atoms with Gasteiger partial charge in [-0.05, 0) is 17.3 Å². The third kappa shape index (κ3) is 1.78. The number of aromatic nitrogens is 4. The molecule has 3 rings (SSSR count). The maximum atomic E-state index is 12.0. The van der Waals surface area contributed by atoms with E-state index in [-0.39, 0.29) is 17.1 Å².